The van der Waals surface area contributed by atoms with Gasteiger partial charge in [-0.3, -0.25) is 0 Å². The molecule has 0 saturated heterocycles. The van der Waals surface area contributed by atoms with Gasteiger partial charge < -0.3 is 10.6 Å². The molecule has 0 heterocycles. The largest absolute Gasteiger partial charge is 0.330 e. The van der Waals surface area contributed by atoms with Crippen molar-refractivity contribution in [2.75, 3.05) is 26.2 Å². The number of rotatable bonds is 12. The summed E-state index contributed by atoms with van der Waals surface area (Å²) in [5, 5.41) is 0. The normalized spacial score (nSPS) is 13.7. The highest BCUT2D eigenvalue weighted by Crippen LogP contribution is 2.17. The minimum absolute atomic E-state index is 0.772. The van der Waals surface area contributed by atoms with Gasteiger partial charge in [-0.25, -0.2) is 0 Å². The van der Waals surface area contributed by atoms with E-state index in [0.717, 1.165) is 24.3 Å². The topological polar surface area (TPSA) is 29.3 Å². The van der Waals surface area contributed by atoms with Crippen molar-refractivity contribution in [2.45, 2.75) is 66.7 Å². The van der Waals surface area contributed by atoms with Crippen molar-refractivity contribution in [1.29, 1.82) is 0 Å². The van der Waals surface area contributed by atoms with Crippen molar-refractivity contribution < 1.29 is 0 Å². The van der Waals surface area contributed by atoms with Crippen molar-refractivity contribution in [3.8, 4) is 0 Å². The summed E-state index contributed by atoms with van der Waals surface area (Å²) in [4.78, 5) is 2.65. The maximum atomic E-state index is 5.71. The zero-order valence-corrected chi connectivity index (χ0v) is 14.1. The predicted molar refractivity (Wildman–Crippen MR) is 87.4 cm³/mol. The Morgan fingerprint density at radius 3 is 1.89 bits per heavy atom. The Morgan fingerprint density at radius 1 is 0.895 bits per heavy atom. The van der Waals surface area contributed by atoms with Crippen LogP contribution in [0.4, 0.5) is 0 Å². The number of nitrogens with two attached hydrogens (primary N) is 1. The van der Waals surface area contributed by atoms with E-state index in [2.05, 4.69) is 39.5 Å². The van der Waals surface area contributed by atoms with Crippen LogP contribution in [0.2, 0.25) is 0 Å². The van der Waals surface area contributed by atoms with Crippen LogP contribution in [0, 0.1) is 17.8 Å². The molecule has 0 radical (unpaired) electrons. The van der Waals surface area contributed by atoms with Crippen molar-refractivity contribution in [1.82, 2.24) is 4.90 Å². The molecule has 2 N–H and O–H groups in total. The van der Waals surface area contributed by atoms with Crippen LogP contribution in [-0.4, -0.2) is 31.1 Å². The van der Waals surface area contributed by atoms with Gasteiger partial charge in [0.05, 0.1) is 0 Å². The Balaban J connectivity index is 4.00. The standard InChI is InChI=1S/C17H38N2/c1-6-8-17(10-11-18)9-7-12-19(13-15(2)3)14-16(4)5/h15-17H,6-14,18H2,1-5H3. The van der Waals surface area contributed by atoms with Gasteiger partial charge in [-0.05, 0) is 50.1 Å². The summed E-state index contributed by atoms with van der Waals surface area (Å²) in [5.74, 6) is 2.40. The molecule has 116 valence electrons. The van der Waals surface area contributed by atoms with Crippen LogP contribution in [0.25, 0.3) is 0 Å². The summed E-state index contributed by atoms with van der Waals surface area (Å²) in [6.45, 7) is 16.2. The van der Waals surface area contributed by atoms with Gasteiger partial charge in [-0.2, -0.15) is 0 Å². The first-order valence-electron chi connectivity index (χ1n) is 8.41. The molecule has 0 amide bonds. The first kappa shape index (κ1) is 18.9. The molecule has 0 fully saturated rings. The van der Waals surface area contributed by atoms with E-state index >= 15 is 0 Å². The molecule has 0 aliphatic heterocycles. The van der Waals surface area contributed by atoms with Crippen LogP contribution in [0.3, 0.4) is 0 Å². The third-order valence-electron chi connectivity index (χ3n) is 3.61. The van der Waals surface area contributed by atoms with Gasteiger partial charge in [0.1, 0.15) is 0 Å². The Bertz CT molecular complexity index is 174. The molecule has 19 heavy (non-hydrogen) atoms. The number of hydrogen-bond acceptors (Lipinski definition) is 2. The molecule has 0 bridgehead atoms. The van der Waals surface area contributed by atoms with E-state index in [1.54, 1.807) is 0 Å². The number of hydrogen-bond donors (Lipinski definition) is 1. The summed E-state index contributed by atoms with van der Waals surface area (Å²) >= 11 is 0. The van der Waals surface area contributed by atoms with E-state index in [0.29, 0.717) is 0 Å². The lowest BCUT2D eigenvalue weighted by Gasteiger charge is -2.27. The van der Waals surface area contributed by atoms with Crippen molar-refractivity contribution >= 4 is 0 Å². The Labute approximate surface area is 122 Å². The lowest BCUT2D eigenvalue weighted by atomic mass is 9.94. The maximum absolute atomic E-state index is 5.71. The van der Waals surface area contributed by atoms with E-state index in [-0.39, 0.29) is 0 Å². The van der Waals surface area contributed by atoms with E-state index < -0.39 is 0 Å². The fourth-order valence-electron chi connectivity index (χ4n) is 2.97. The molecule has 1 unspecified atom stereocenters. The van der Waals surface area contributed by atoms with Crippen molar-refractivity contribution in [3.05, 3.63) is 0 Å². The monoisotopic (exact) mass is 270 g/mol. The molecule has 0 aromatic rings. The Hall–Kier alpha value is -0.0800. The lowest BCUT2D eigenvalue weighted by molar-refractivity contribution is 0.209. The van der Waals surface area contributed by atoms with Gasteiger partial charge in [0.25, 0.3) is 0 Å². The summed E-state index contributed by atoms with van der Waals surface area (Å²) in [5.41, 5.74) is 5.71. The van der Waals surface area contributed by atoms with Crippen LogP contribution in [0.5, 0.6) is 0 Å². The second-order valence-electron chi connectivity index (χ2n) is 6.92. The Kier molecular flexibility index (Phi) is 11.7. The summed E-state index contributed by atoms with van der Waals surface area (Å²) in [6.07, 6.45) is 6.56. The molecule has 0 aromatic heterocycles. The lowest BCUT2D eigenvalue weighted by Crippen LogP contribution is -2.32. The van der Waals surface area contributed by atoms with Crippen molar-refractivity contribution in [2.24, 2.45) is 23.5 Å². The average Bonchev–Trinajstić information content (AvgIpc) is 2.27. The van der Waals surface area contributed by atoms with E-state index in [1.165, 1.54) is 51.7 Å². The van der Waals surface area contributed by atoms with E-state index in [4.69, 9.17) is 5.73 Å². The molecule has 1 atom stereocenters. The van der Waals surface area contributed by atoms with Crippen LogP contribution >= 0.6 is 0 Å². The summed E-state index contributed by atoms with van der Waals surface area (Å²) in [6, 6.07) is 0. The average molecular weight is 271 g/mol. The predicted octanol–water partition coefficient (Wildman–Crippen LogP) is 4.15. The highest BCUT2D eigenvalue weighted by atomic mass is 15.1. The fraction of sp³-hybridized carbons (Fsp3) is 1.00. The summed E-state index contributed by atoms with van der Waals surface area (Å²) < 4.78 is 0. The van der Waals surface area contributed by atoms with Crippen LogP contribution < -0.4 is 5.73 Å². The molecule has 0 saturated carbocycles. The fourth-order valence-corrected chi connectivity index (χ4v) is 2.97. The molecule has 0 aliphatic rings. The SMILES string of the molecule is CCCC(CCN)CCCN(CC(C)C)CC(C)C. The molecule has 0 spiro atoms. The zero-order chi connectivity index (χ0) is 14.7. The third-order valence-corrected chi connectivity index (χ3v) is 3.61. The second kappa shape index (κ2) is 11.7. The van der Waals surface area contributed by atoms with E-state index in [9.17, 15) is 0 Å². The van der Waals surface area contributed by atoms with Gasteiger partial charge >= 0.3 is 0 Å². The van der Waals surface area contributed by atoms with Gasteiger partial charge in [0.2, 0.25) is 0 Å². The minimum atomic E-state index is 0.772. The highest BCUT2D eigenvalue weighted by Gasteiger charge is 2.11. The quantitative estimate of drug-likeness (QED) is 0.577. The summed E-state index contributed by atoms with van der Waals surface area (Å²) in [7, 11) is 0. The van der Waals surface area contributed by atoms with E-state index in [1.807, 2.05) is 0 Å². The van der Waals surface area contributed by atoms with Gasteiger partial charge in [-0.1, -0.05) is 47.5 Å². The number of nitrogens with zero attached hydrogens (tertiary/aromatic N) is 1. The van der Waals surface area contributed by atoms with Gasteiger partial charge in [-0.15, -0.1) is 0 Å². The van der Waals surface area contributed by atoms with Crippen LogP contribution in [0.15, 0.2) is 0 Å². The Morgan fingerprint density at radius 2 is 1.47 bits per heavy atom. The second-order valence-corrected chi connectivity index (χ2v) is 6.92. The molecule has 0 aliphatic carbocycles. The van der Waals surface area contributed by atoms with Gasteiger partial charge in [0, 0.05) is 13.1 Å². The third kappa shape index (κ3) is 11.4. The zero-order valence-electron chi connectivity index (χ0n) is 14.1. The molecule has 0 aromatic carbocycles. The first-order valence-corrected chi connectivity index (χ1v) is 8.41. The first-order chi connectivity index (χ1) is 8.99. The molecular weight excluding hydrogens is 232 g/mol. The minimum Gasteiger partial charge on any atom is -0.330 e. The van der Waals surface area contributed by atoms with Crippen LogP contribution in [0.1, 0.15) is 66.7 Å². The van der Waals surface area contributed by atoms with Crippen molar-refractivity contribution in [3.63, 3.8) is 0 Å². The smallest absolute Gasteiger partial charge is 0.000449 e. The highest BCUT2D eigenvalue weighted by molar-refractivity contribution is 4.65. The van der Waals surface area contributed by atoms with Gasteiger partial charge in [0.15, 0.2) is 0 Å². The molecule has 2 heteroatoms. The van der Waals surface area contributed by atoms with Crippen LogP contribution in [-0.2, 0) is 0 Å². The maximum Gasteiger partial charge on any atom is 0.000449 e. The molecule has 0 rings (SSSR count). The molecule has 2 nitrogen and oxygen atoms in total. The molecular formula is C17H38N2.